The number of rotatable bonds is 6. The van der Waals surface area contributed by atoms with Crippen LogP contribution in [0.3, 0.4) is 0 Å². The first-order valence-corrected chi connectivity index (χ1v) is 7.22. The largest absolute Gasteiger partial charge is 0.462 e. The standard InChI is InChI=1S/C16H30O4/c1-11(9-13(17)15(3,4)5)19-14(18)10-12(2)20-16(6,7)8/h11-12H,9-10H2,1-8H3/t11-,12+/m0/s1. The summed E-state index contributed by atoms with van der Waals surface area (Å²) in [5.74, 6) is -0.229. The molecule has 0 aromatic carbocycles. The molecule has 0 spiro atoms. The molecular weight excluding hydrogens is 256 g/mol. The Morgan fingerprint density at radius 3 is 1.80 bits per heavy atom. The van der Waals surface area contributed by atoms with Gasteiger partial charge in [-0.2, -0.15) is 0 Å². The molecule has 20 heavy (non-hydrogen) atoms. The van der Waals surface area contributed by atoms with Crippen LogP contribution in [0.25, 0.3) is 0 Å². The van der Waals surface area contributed by atoms with Crippen LogP contribution in [0.5, 0.6) is 0 Å². The monoisotopic (exact) mass is 286 g/mol. The first-order valence-electron chi connectivity index (χ1n) is 7.22. The molecule has 0 radical (unpaired) electrons. The second kappa shape index (κ2) is 7.21. The zero-order valence-electron chi connectivity index (χ0n) is 14.2. The van der Waals surface area contributed by atoms with E-state index < -0.39 is 11.5 Å². The predicted octanol–water partition coefficient (Wildman–Crippen LogP) is 3.52. The smallest absolute Gasteiger partial charge is 0.308 e. The van der Waals surface area contributed by atoms with E-state index in [9.17, 15) is 9.59 Å². The molecule has 4 heteroatoms. The average Bonchev–Trinajstić information content (AvgIpc) is 2.10. The van der Waals surface area contributed by atoms with Gasteiger partial charge in [0, 0.05) is 11.8 Å². The fourth-order valence-corrected chi connectivity index (χ4v) is 1.76. The van der Waals surface area contributed by atoms with Crippen molar-refractivity contribution in [3.05, 3.63) is 0 Å². The first kappa shape index (κ1) is 19.1. The summed E-state index contributed by atoms with van der Waals surface area (Å²) < 4.78 is 10.9. The first-order chi connectivity index (χ1) is 8.81. The van der Waals surface area contributed by atoms with Crippen molar-refractivity contribution in [2.75, 3.05) is 0 Å². The van der Waals surface area contributed by atoms with Gasteiger partial charge in [-0.3, -0.25) is 9.59 Å². The van der Waals surface area contributed by atoms with Gasteiger partial charge in [0.25, 0.3) is 0 Å². The molecular formula is C16H30O4. The van der Waals surface area contributed by atoms with E-state index in [0.717, 1.165) is 0 Å². The van der Waals surface area contributed by atoms with E-state index in [1.807, 2.05) is 48.5 Å². The Balaban J connectivity index is 4.18. The highest BCUT2D eigenvalue weighted by Crippen LogP contribution is 2.19. The summed E-state index contributed by atoms with van der Waals surface area (Å²) in [5, 5.41) is 0. The number of esters is 1. The molecule has 0 aliphatic heterocycles. The van der Waals surface area contributed by atoms with Gasteiger partial charge in [0.1, 0.15) is 11.9 Å². The molecule has 0 aliphatic carbocycles. The quantitative estimate of drug-likeness (QED) is 0.701. The van der Waals surface area contributed by atoms with Crippen LogP contribution in [-0.2, 0) is 19.1 Å². The van der Waals surface area contributed by atoms with Gasteiger partial charge in [0.15, 0.2) is 0 Å². The van der Waals surface area contributed by atoms with Crippen molar-refractivity contribution in [1.82, 2.24) is 0 Å². The van der Waals surface area contributed by atoms with Gasteiger partial charge in [-0.25, -0.2) is 0 Å². The van der Waals surface area contributed by atoms with E-state index in [1.165, 1.54) is 0 Å². The van der Waals surface area contributed by atoms with Crippen molar-refractivity contribution < 1.29 is 19.1 Å². The highest BCUT2D eigenvalue weighted by Gasteiger charge is 2.25. The zero-order chi connectivity index (χ0) is 16.1. The molecule has 0 aromatic heterocycles. The van der Waals surface area contributed by atoms with Crippen molar-refractivity contribution in [1.29, 1.82) is 0 Å². The van der Waals surface area contributed by atoms with E-state index >= 15 is 0 Å². The minimum Gasteiger partial charge on any atom is -0.462 e. The minimum absolute atomic E-state index is 0.0942. The molecule has 0 fully saturated rings. The third kappa shape index (κ3) is 9.08. The Labute approximate surface area is 123 Å². The summed E-state index contributed by atoms with van der Waals surface area (Å²) in [6.07, 6.45) is -0.140. The van der Waals surface area contributed by atoms with Crippen molar-refractivity contribution >= 4 is 11.8 Å². The maximum absolute atomic E-state index is 11.9. The van der Waals surface area contributed by atoms with E-state index in [2.05, 4.69) is 0 Å². The Morgan fingerprint density at radius 1 is 0.900 bits per heavy atom. The summed E-state index contributed by atoms with van der Waals surface area (Å²) in [7, 11) is 0. The topological polar surface area (TPSA) is 52.6 Å². The molecule has 4 nitrogen and oxygen atoms in total. The highest BCUT2D eigenvalue weighted by molar-refractivity contribution is 5.84. The van der Waals surface area contributed by atoms with Gasteiger partial charge in [-0.1, -0.05) is 20.8 Å². The fourth-order valence-electron chi connectivity index (χ4n) is 1.76. The summed E-state index contributed by atoms with van der Waals surface area (Å²) in [5.41, 5.74) is -0.684. The molecule has 0 heterocycles. The highest BCUT2D eigenvalue weighted by atomic mass is 16.5. The molecule has 0 unspecified atom stereocenters. The maximum atomic E-state index is 11.9. The Bertz CT molecular complexity index is 333. The lowest BCUT2D eigenvalue weighted by molar-refractivity contribution is -0.154. The van der Waals surface area contributed by atoms with Crippen molar-refractivity contribution in [3.8, 4) is 0 Å². The number of ether oxygens (including phenoxy) is 2. The third-order valence-corrected chi connectivity index (χ3v) is 2.65. The number of hydrogen-bond acceptors (Lipinski definition) is 4. The van der Waals surface area contributed by atoms with Crippen LogP contribution < -0.4 is 0 Å². The SMILES string of the molecule is C[C@H](CC(=O)O[C@@H](C)CC(=O)C(C)(C)C)OC(C)(C)C. The van der Waals surface area contributed by atoms with Crippen molar-refractivity contribution in [3.63, 3.8) is 0 Å². The second-order valence-electron chi connectivity index (χ2n) is 7.42. The molecule has 0 saturated heterocycles. The van der Waals surface area contributed by atoms with Gasteiger partial charge in [-0.15, -0.1) is 0 Å². The van der Waals surface area contributed by atoms with E-state index in [1.54, 1.807) is 6.92 Å². The molecule has 0 bridgehead atoms. The van der Waals surface area contributed by atoms with Crippen LogP contribution in [0, 0.1) is 5.41 Å². The Kier molecular flexibility index (Phi) is 6.88. The molecule has 0 rings (SSSR count). The Hall–Kier alpha value is -0.900. The number of Topliss-reactive ketones (excluding diaryl/α,β-unsaturated/α-hetero) is 1. The van der Waals surface area contributed by atoms with Crippen molar-refractivity contribution in [2.45, 2.75) is 86.0 Å². The lowest BCUT2D eigenvalue weighted by atomic mass is 9.88. The number of carbonyl (C=O) groups excluding carboxylic acids is 2. The second-order valence-corrected chi connectivity index (χ2v) is 7.42. The molecule has 0 amide bonds. The fraction of sp³-hybridized carbons (Fsp3) is 0.875. The van der Waals surface area contributed by atoms with Gasteiger partial charge in [-0.05, 0) is 34.6 Å². The third-order valence-electron chi connectivity index (χ3n) is 2.65. The van der Waals surface area contributed by atoms with Gasteiger partial charge >= 0.3 is 5.97 Å². The van der Waals surface area contributed by atoms with Crippen molar-refractivity contribution in [2.24, 2.45) is 5.41 Å². The van der Waals surface area contributed by atoms with Crippen LogP contribution in [0.2, 0.25) is 0 Å². The molecule has 0 aromatic rings. The lowest BCUT2D eigenvalue weighted by Gasteiger charge is -2.25. The zero-order valence-corrected chi connectivity index (χ0v) is 14.2. The average molecular weight is 286 g/mol. The Morgan fingerprint density at radius 2 is 1.40 bits per heavy atom. The predicted molar refractivity (Wildman–Crippen MR) is 79.6 cm³/mol. The maximum Gasteiger partial charge on any atom is 0.308 e. The number of ketones is 1. The summed E-state index contributed by atoms with van der Waals surface area (Å²) in [6, 6.07) is 0. The lowest BCUT2D eigenvalue weighted by Crippen LogP contribution is -2.30. The van der Waals surface area contributed by atoms with Gasteiger partial charge < -0.3 is 9.47 Å². The molecule has 2 atom stereocenters. The van der Waals surface area contributed by atoms with E-state index in [-0.39, 0.29) is 36.3 Å². The normalized spacial score (nSPS) is 15.6. The van der Waals surface area contributed by atoms with Crippen LogP contribution in [0.15, 0.2) is 0 Å². The summed E-state index contributed by atoms with van der Waals surface area (Å²) >= 11 is 0. The number of carbonyl (C=O) groups is 2. The number of hydrogen-bond donors (Lipinski definition) is 0. The van der Waals surface area contributed by atoms with Gasteiger partial charge in [0.2, 0.25) is 0 Å². The summed E-state index contributed by atoms with van der Waals surface area (Å²) in [4.78, 5) is 23.6. The van der Waals surface area contributed by atoms with E-state index in [4.69, 9.17) is 9.47 Å². The van der Waals surface area contributed by atoms with Crippen LogP contribution in [0.1, 0.15) is 68.2 Å². The molecule has 118 valence electrons. The molecule has 0 saturated carbocycles. The minimum atomic E-state index is -0.399. The molecule has 0 N–H and O–H groups in total. The van der Waals surface area contributed by atoms with Crippen LogP contribution in [-0.4, -0.2) is 29.6 Å². The van der Waals surface area contributed by atoms with Crippen LogP contribution in [0.4, 0.5) is 0 Å². The van der Waals surface area contributed by atoms with Crippen LogP contribution >= 0.6 is 0 Å². The van der Waals surface area contributed by atoms with E-state index in [0.29, 0.717) is 0 Å². The summed E-state index contributed by atoms with van der Waals surface area (Å²) in [6.45, 7) is 15.0. The van der Waals surface area contributed by atoms with Gasteiger partial charge in [0.05, 0.1) is 18.1 Å². The molecule has 0 aliphatic rings.